The first-order chi connectivity index (χ1) is 17.9. The van der Waals surface area contributed by atoms with Crippen molar-refractivity contribution < 1.29 is 19.7 Å². The fourth-order valence-corrected chi connectivity index (χ4v) is 5.47. The van der Waals surface area contributed by atoms with Crippen molar-refractivity contribution in [1.82, 2.24) is 4.90 Å². The van der Waals surface area contributed by atoms with Gasteiger partial charge in [-0.25, -0.2) is 4.79 Å². The van der Waals surface area contributed by atoms with Gasteiger partial charge in [0, 0.05) is 12.6 Å². The van der Waals surface area contributed by atoms with Crippen LogP contribution in [0.3, 0.4) is 0 Å². The molecular formula is C32H39NO4. The third-order valence-corrected chi connectivity index (χ3v) is 7.52. The van der Waals surface area contributed by atoms with Gasteiger partial charge in [-0.1, -0.05) is 67.6 Å². The molecular weight excluding hydrogens is 462 g/mol. The molecule has 196 valence electrons. The van der Waals surface area contributed by atoms with Crippen LogP contribution in [0.4, 0.5) is 0 Å². The van der Waals surface area contributed by atoms with E-state index < -0.39 is 12.1 Å². The molecule has 5 nitrogen and oxygen atoms in total. The average molecular weight is 502 g/mol. The predicted octanol–water partition coefficient (Wildman–Crippen LogP) is 6.07. The van der Waals surface area contributed by atoms with Gasteiger partial charge in [-0.05, 0) is 85.5 Å². The first-order valence-corrected chi connectivity index (χ1v) is 13.4. The minimum atomic E-state index is -0.919. The van der Waals surface area contributed by atoms with E-state index in [2.05, 4.69) is 36.1 Å². The number of β-amino-alcohol motifs (C(OH)–C–C–N with tert-alkyl or cyclic N) is 1. The molecule has 0 unspecified atom stereocenters. The summed E-state index contributed by atoms with van der Waals surface area (Å²) < 4.78 is 6.17. The first kappa shape index (κ1) is 27.1. The molecule has 4 rings (SSSR count). The smallest absolute Gasteiger partial charge is 0.335 e. The number of rotatable bonds is 11. The molecule has 0 aromatic heterocycles. The lowest BCUT2D eigenvalue weighted by atomic mass is 9.94. The van der Waals surface area contributed by atoms with Crippen molar-refractivity contribution in [1.29, 1.82) is 0 Å². The normalized spacial score (nSPS) is 17.6. The van der Waals surface area contributed by atoms with Gasteiger partial charge in [0.1, 0.15) is 0 Å². The maximum Gasteiger partial charge on any atom is 0.335 e. The number of aliphatic hydroxyl groups excluding tert-OH is 1. The Morgan fingerprint density at radius 2 is 1.86 bits per heavy atom. The molecule has 0 radical (unpaired) electrons. The number of carboxylic acids is 1. The Hall–Kier alpha value is -2.99. The van der Waals surface area contributed by atoms with Crippen molar-refractivity contribution in [2.45, 2.75) is 64.7 Å². The van der Waals surface area contributed by atoms with Gasteiger partial charge in [0.05, 0.1) is 24.4 Å². The number of aryl methyl sites for hydroxylation is 2. The van der Waals surface area contributed by atoms with E-state index in [-0.39, 0.29) is 12.7 Å². The number of carboxylic acid groups (broad SMARTS) is 1. The van der Waals surface area contributed by atoms with Crippen LogP contribution in [-0.4, -0.2) is 52.9 Å². The number of benzene rings is 3. The van der Waals surface area contributed by atoms with Crippen LogP contribution in [0, 0.1) is 6.92 Å². The fourth-order valence-electron chi connectivity index (χ4n) is 5.47. The van der Waals surface area contributed by atoms with Crippen molar-refractivity contribution in [3.05, 3.63) is 94.5 Å². The summed E-state index contributed by atoms with van der Waals surface area (Å²) in [6.45, 7) is 7.90. The molecule has 1 aliphatic heterocycles. The molecule has 0 bridgehead atoms. The summed E-state index contributed by atoms with van der Waals surface area (Å²) in [6.07, 6.45) is 3.62. The van der Waals surface area contributed by atoms with Gasteiger partial charge in [-0.3, -0.25) is 4.90 Å². The Kier molecular flexibility index (Phi) is 9.14. The lowest BCUT2D eigenvalue weighted by Crippen LogP contribution is -2.39. The number of aromatic carboxylic acids is 1. The number of hydrogen-bond donors (Lipinski definition) is 2. The summed E-state index contributed by atoms with van der Waals surface area (Å²) in [5.74, 6) is -0.919. The van der Waals surface area contributed by atoms with Crippen LogP contribution >= 0.6 is 0 Å². The summed E-state index contributed by atoms with van der Waals surface area (Å²) >= 11 is 0. The Bertz CT molecular complexity index is 1210. The lowest BCUT2D eigenvalue weighted by Gasteiger charge is -2.28. The van der Waals surface area contributed by atoms with E-state index in [1.165, 1.54) is 11.1 Å². The standard InChI is InChI=1S/C32H39NO4/c1-4-24-9-7-10-25(18-24)19-27-11-8-16-33(27)20-28(34)21-37-23(3)30-12-5-6-13-31(30)26-14-15-29(32(35)36)22(2)17-26/h5-7,9-10,12-15,17-18,23,27-28,34H,4,8,11,16,19-21H2,1-3H3,(H,35,36)/t23-,27+,28-/m1/s1. The molecule has 0 aliphatic carbocycles. The van der Waals surface area contributed by atoms with Gasteiger partial charge in [-0.2, -0.15) is 0 Å². The average Bonchev–Trinajstić information content (AvgIpc) is 3.33. The number of ether oxygens (including phenoxy) is 1. The van der Waals surface area contributed by atoms with Gasteiger partial charge in [0.2, 0.25) is 0 Å². The van der Waals surface area contributed by atoms with Crippen LogP contribution < -0.4 is 0 Å². The van der Waals surface area contributed by atoms with Crippen molar-refractivity contribution in [2.75, 3.05) is 19.7 Å². The topological polar surface area (TPSA) is 70.0 Å². The summed E-state index contributed by atoms with van der Waals surface area (Å²) in [5, 5.41) is 20.2. The Morgan fingerprint density at radius 1 is 1.08 bits per heavy atom. The van der Waals surface area contributed by atoms with Gasteiger partial charge >= 0.3 is 5.97 Å². The monoisotopic (exact) mass is 501 g/mol. The number of likely N-dealkylation sites (tertiary alicyclic amines) is 1. The largest absolute Gasteiger partial charge is 0.478 e. The Morgan fingerprint density at radius 3 is 2.62 bits per heavy atom. The molecule has 1 fully saturated rings. The van der Waals surface area contributed by atoms with E-state index in [9.17, 15) is 15.0 Å². The molecule has 0 amide bonds. The summed E-state index contributed by atoms with van der Waals surface area (Å²) in [5.41, 5.74) is 6.78. The first-order valence-electron chi connectivity index (χ1n) is 13.4. The van der Waals surface area contributed by atoms with Crippen molar-refractivity contribution in [2.24, 2.45) is 0 Å². The highest BCUT2D eigenvalue weighted by Gasteiger charge is 2.27. The number of nitrogens with zero attached hydrogens (tertiary/aromatic N) is 1. The highest BCUT2D eigenvalue weighted by atomic mass is 16.5. The van der Waals surface area contributed by atoms with E-state index in [4.69, 9.17) is 4.74 Å². The highest BCUT2D eigenvalue weighted by Crippen LogP contribution is 2.31. The van der Waals surface area contributed by atoms with Crippen LogP contribution in [0.15, 0.2) is 66.7 Å². The predicted molar refractivity (Wildman–Crippen MR) is 148 cm³/mol. The minimum Gasteiger partial charge on any atom is -0.478 e. The number of carbonyl (C=O) groups is 1. The minimum absolute atomic E-state index is 0.212. The molecule has 3 aromatic carbocycles. The fraction of sp³-hybridized carbons (Fsp3) is 0.406. The zero-order valence-electron chi connectivity index (χ0n) is 22.2. The van der Waals surface area contributed by atoms with E-state index in [0.717, 1.165) is 54.5 Å². The van der Waals surface area contributed by atoms with Crippen LogP contribution in [0.25, 0.3) is 11.1 Å². The molecule has 1 heterocycles. The molecule has 0 spiro atoms. The number of aliphatic hydroxyl groups is 1. The highest BCUT2D eigenvalue weighted by molar-refractivity contribution is 5.90. The van der Waals surface area contributed by atoms with Crippen molar-refractivity contribution in [3.63, 3.8) is 0 Å². The summed E-state index contributed by atoms with van der Waals surface area (Å²) in [7, 11) is 0. The molecule has 0 saturated carbocycles. The Labute approximate surface area is 220 Å². The SMILES string of the molecule is CCc1cccc(C[C@@H]2CCCN2C[C@@H](O)CO[C@H](C)c2ccccc2-c2ccc(C(=O)O)c(C)c2)c1. The molecule has 3 atom stereocenters. The zero-order chi connectivity index (χ0) is 26.4. The third-order valence-electron chi connectivity index (χ3n) is 7.52. The maximum atomic E-state index is 11.4. The van der Waals surface area contributed by atoms with Crippen molar-refractivity contribution >= 4 is 5.97 Å². The van der Waals surface area contributed by atoms with Crippen molar-refractivity contribution in [3.8, 4) is 11.1 Å². The third kappa shape index (κ3) is 6.86. The Balaban J connectivity index is 1.36. The molecule has 1 saturated heterocycles. The second-order valence-corrected chi connectivity index (χ2v) is 10.2. The molecule has 3 aromatic rings. The van der Waals surface area contributed by atoms with Gasteiger partial charge in [-0.15, -0.1) is 0 Å². The maximum absolute atomic E-state index is 11.4. The van der Waals surface area contributed by atoms with Gasteiger partial charge in [0.25, 0.3) is 0 Å². The van der Waals surface area contributed by atoms with E-state index >= 15 is 0 Å². The lowest BCUT2D eigenvalue weighted by molar-refractivity contribution is -0.0169. The van der Waals surface area contributed by atoms with Gasteiger partial charge < -0.3 is 14.9 Å². The van der Waals surface area contributed by atoms with Gasteiger partial charge in [0.15, 0.2) is 0 Å². The molecule has 1 aliphatic rings. The zero-order valence-corrected chi connectivity index (χ0v) is 22.2. The molecule has 2 N–H and O–H groups in total. The second kappa shape index (κ2) is 12.5. The second-order valence-electron chi connectivity index (χ2n) is 10.2. The van der Waals surface area contributed by atoms with Crippen LogP contribution in [-0.2, 0) is 17.6 Å². The van der Waals surface area contributed by atoms with Crippen LogP contribution in [0.2, 0.25) is 0 Å². The number of hydrogen-bond acceptors (Lipinski definition) is 4. The van der Waals surface area contributed by atoms with Crippen LogP contribution in [0.5, 0.6) is 0 Å². The van der Waals surface area contributed by atoms with E-state index in [0.29, 0.717) is 18.2 Å². The molecule has 5 heteroatoms. The summed E-state index contributed by atoms with van der Waals surface area (Å²) in [6, 6.07) is 22.8. The summed E-state index contributed by atoms with van der Waals surface area (Å²) in [4.78, 5) is 13.8. The van der Waals surface area contributed by atoms with Crippen LogP contribution in [0.1, 0.15) is 65.4 Å². The van der Waals surface area contributed by atoms with E-state index in [1.54, 1.807) is 6.07 Å². The quantitative estimate of drug-likeness (QED) is 0.334. The molecule has 37 heavy (non-hydrogen) atoms. The van der Waals surface area contributed by atoms with E-state index in [1.807, 2.05) is 50.2 Å².